The third-order valence-corrected chi connectivity index (χ3v) is 2.40. The summed E-state index contributed by atoms with van der Waals surface area (Å²) < 4.78 is 0. The van der Waals surface area contributed by atoms with Gasteiger partial charge in [0, 0.05) is 6.54 Å². The minimum absolute atomic E-state index is 0. The van der Waals surface area contributed by atoms with Gasteiger partial charge in [0.1, 0.15) is 0 Å². The Morgan fingerprint density at radius 2 is 1.90 bits per heavy atom. The van der Waals surface area contributed by atoms with E-state index in [1.54, 1.807) is 0 Å². The van der Waals surface area contributed by atoms with Gasteiger partial charge in [-0.2, -0.15) is 0 Å². The second-order valence-corrected chi connectivity index (χ2v) is 4.19. The molecule has 0 aromatic rings. The Balaban J connectivity index is -0.000000657. The molecule has 0 aromatic heterocycles. The van der Waals surface area contributed by atoms with Crippen LogP contribution < -0.4 is 11.1 Å². The average Bonchev–Trinajstić information content (AvgIpc) is 2.29. The zero-order chi connectivity index (χ0) is 15.3. The number of nitrogens with zero attached hydrogens (tertiary/aromatic N) is 1. The van der Waals surface area contributed by atoms with Gasteiger partial charge in [0.05, 0.1) is 12.5 Å². The third-order valence-electron chi connectivity index (χ3n) is 2.40. The number of carbonyl (C=O) groups excluding carboxylic acids is 2. The van der Waals surface area contributed by atoms with Crippen molar-refractivity contribution in [3.63, 3.8) is 0 Å². The number of aliphatic carboxylic acids is 1. The second kappa shape index (κ2) is 15.4. The van der Waals surface area contributed by atoms with Gasteiger partial charge in [-0.1, -0.05) is 27.2 Å². The van der Waals surface area contributed by atoms with E-state index < -0.39 is 5.97 Å². The monoisotopic (exact) mass is 294 g/mol. The van der Waals surface area contributed by atoms with Crippen LogP contribution in [-0.4, -0.2) is 55.0 Å². The summed E-state index contributed by atoms with van der Waals surface area (Å²) in [6, 6.07) is -0.159. The van der Waals surface area contributed by atoms with E-state index in [0.717, 1.165) is 19.3 Å². The molecule has 1 atom stereocenters. The molecule has 1 unspecified atom stereocenters. The van der Waals surface area contributed by atoms with Crippen LogP contribution in [0.25, 0.3) is 0 Å². The molecule has 0 heterocycles. The fourth-order valence-electron chi connectivity index (χ4n) is 1.43. The van der Waals surface area contributed by atoms with E-state index >= 15 is 0 Å². The maximum absolute atomic E-state index is 11.7. The summed E-state index contributed by atoms with van der Waals surface area (Å²) in [6.45, 7) is 2.28. The van der Waals surface area contributed by atoms with Gasteiger partial charge in [0.15, 0.2) is 0 Å². The summed E-state index contributed by atoms with van der Waals surface area (Å²) in [4.78, 5) is 32.5. The van der Waals surface area contributed by atoms with Crippen LogP contribution in [0, 0.1) is 0 Å². The normalized spacial score (nSPS) is 10.6. The van der Waals surface area contributed by atoms with Crippen LogP contribution in [-0.2, 0) is 14.4 Å². The van der Waals surface area contributed by atoms with Gasteiger partial charge in [-0.3, -0.25) is 19.3 Å². The van der Waals surface area contributed by atoms with Gasteiger partial charge >= 0.3 is 5.97 Å². The zero-order valence-corrected chi connectivity index (χ0v) is 11.9. The van der Waals surface area contributed by atoms with Gasteiger partial charge in [-0.05, 0) is 20.5 Å². The van der Waals surface area contributed by atoms with Gasteiger partial charge < -0.3 is 16.2 Å². The lowest BCUT2D eigenvalue weighted by Crippen LogP contribution is -2.44. The lowest BCUT2D eigenvalue weighted by molar-refractivity contribution is -0.137. The smallest absolute Gasteiger partial charge is 0.305 e. The van der Waals surface area contributed by atoms with E-state index in [9.17, 15) is 9.59 Å². The SMILES string of the molecule is CN(C)C(CCC[13CH3])C(=O)NCCC(=O)O.N[13CH]=O.[13CH4]. The van der Waals surface area contributed by atoms with Crippen molar-refractivity contribution in [3.05, 3.63) is 0 Å². The summed E-state index contributed by atoms with van der Waals surface area (Å²) in [7, 11) is 3.72. The highest BCUT2D eigenvalue weighted by molar-refractivity contribution is 5.82. The molecule has 0 aliphatic rings. The topological polar surface area (TPSA) is 113 Å². The lowest BCUT2D eigenvalue weighted by Gasteiger charge is -2.23. The third kappa shape index (κ3) is 14.4. The molecule has 20 heavy (non-hydrogen) atoms. The first kappa shape index (κ1) is 23.5. The number of carbonyl (C=O) groups is 3. The van der Waals surface area contributed by atoms with E-state index in [2.05, 4.69) is 18.0 Å². The summed E-state index contributed by atoms with van der Waals surface area (Å²) >= 11 is 0. The summed E-state index contributed by atoms with van der Waals surface area (Å²) in [5.74, 6) is -0.977. The Morgan fingerprint density at radius 1 is 1.40 bits per heavy atom. The van der Waals surface area contributed by atoms with Crippen molar-refractivity contribution in [2.24, 2.45) is 5.73 Å². The van der Waals surface area contributed by atoms with Crippen LogP contribution in [0.3, 0.4) is 0 Å². The predicted octanol–water partition coefficient (Wildman–Crippen LogP) is 0.435. The highest BCUT2D eigenvalue weighted by Crippen LogP contribution is 2.05. The van der Waals surface area contributed by atoms with Crippen LogP contribution >= 0.6 is 0 Å². The van der Waals surface area contributed by atoms with Gasteiger partial charge in [-0.25, -0.2) is 0 Å². The van der Waals surface area contributed by atoms with Gasteiger partial charge in [0.25, 0.3) is 0 Å². The first-order chi connectivity index (χ1) is 8.90. The molecule has 7 heteroatoms. The summed E-state index contributed by atoms with van der Waals surface area (Å²) in [6.07, 6.45) is 3.07. The molecule has 0 saturated carbocycles. The van der Waals surface area contributed by atoms with Crippen molar-refractivity contribution < 1.29 is 19.5 Å². The fourth-order valence-corrected chi connectivity index (χ4v) is 1.43. The summed E-state index contributed by atoms with van der Waals surface area (Å²) in [5.41, 5.74) is 4.17. The molecule has 0 fully saturated rings. The molecular weight excluding hydrogens is 265 g/mol. The molecule has 0 saturated heterocycles. The lowest BCUT2D eigenvalue weighted by atomic mass is 10.1. The van der Waals surface area contributed by atoms with Crippen LogP contribution in [0.2, 0.25) is 0 Å². The molecule has 0 aliphatic carbocycles. The van der Waals surface area contributed by atoms with Crippen LogP contribution in [0.5, 0.6) is 0 Å². The number of likely N-dealkylation sites (N-methyl/N-ethyl adjacent to an activating group) is 1. The molecular formula is C13H29N3O4. The Bertz CT molecular complexity index is 270. The van der Waals surface area contributed by atoms with Crippen molar-refractivity contribution in [2.75, 3.05) is 20.6 Å². The van der Waals surface area contributed by atoms with E-state index in [1.807, 2.05) is 19.0 Å². The van der Waals surface area contributed by atoms with E-state index in [-0.39, 0.29) is 38.8 Å². The maximum Gasteiger partial charge on any atom is 0.305 e. The standard InChI is InChI=1S/C11H22N2O3.CH3NO.CH4/c1-4-5-6-9(13(2)3)11(16)12-8-7-10(14)15;2-1-3;/h9H,4-8H2,1-3H3,(H,12,16)(H,14,15);1H,(H2,2,3);1H4/i3*1+1. The molecule has 120 valence electrons. The highest BCUT2D eigenvalue weighted by atomic mass is 16.4. The molecule has 0 aromatic carbocycles. The van der Waals surface area contributed by atoms with Crippen molar-refractivity contribution in [1.29, 1.82) is 0 Å². The molecule has 0 bridgehead atoms. The molecule has 0 rings (SSSR count). The Morgan fingerprint density at radius 3 is 2.25 bits per heavy atom. The van der Waals surface area contributed by atoms with Gasteiger partial charge in [0.2, 0.25) is 12.3 Å². The minimum atomic E-state index is -0.893. The molecule has 0 aliphatic heterocycles. The van der Waals surface area contributed by atoms with E-state index in [0.29, 0.717) is 0 Å². The molecule has 0 spiro atoms. The number of amides is 2. The highest BCUT2D eigenvalue weighted by Gasteiger charge is 2.19. The first-order valence-corrected chi connectivity index (χ1v) is 6.21. The number of carboxylic acid groups (broad SMARTS) is 1. The number of carboxylic acids is 1. The number of hydrogen-bond acceptors (Lipinski definition) is 4. The van der Waals surface area contributed by atoms with Crippen LogP contribution in [0.4, 0.5) is 0 Å². The average molecular weight is 294 g/mol. The summed E-state index contributed by atoms with van der Waals surface area (Å²) in [5, 5.41) is 11.1. The molecule has 4 N–H and O–H groups in total. The fraction of sp³-hybridized carbons (Fsp3) is 0.769. The Hall–Kier alpha value is -1.63. The van der Waals surface area contributed by atoms with Crippen LogP contribution in [0.1, 0.15) is 40.0 Å². The van der Waals surface area contributed by atoms with Gasteiger partial charge in [-0.15, -0.1) is 0 Å². The Kier molecular flexibility index (Phi) is 18.1. The molecule has 0 radical (unpaired) electrons. The molecule has 2 amide bonds. The number of hydrogen-bond donors (Lipinski definition) is 3. The van der Waals surface area contributed by atoms with E-state index in [1.165, 1.54) is 0 Å². The number of unbranched alkanes of at least 4 members (excludes halogenated alkanes) is 1. The quantitative estimate of drug-likeness (QED) is 0.444. The van der Waals surface area contributed by atoms with Crippen molar-refractivity contribution in [2.45, 2.75) is 46.1 Å². The molecule has 7 nitrogen and oxygen atoms in total. The number of rotatable bonds is 8. The van der Waals surface area contributed by atoms with E-state index in [4.69, 9.17) is 9.90 Å². The number of primary amides is 1. The van der Waals surface area contributed by atoms with Crippen molar-refractivity contribution in [1.82, 2.24) is 10.2 Å². The van der Waals surface area contributed by atoms with Crippen molar-refractivity contribution in [3.8, 4) is 0 Å². The predicted molar refractivity (Wildman–Crippen MR) is 79.2 cm³/mol. The van der Waals surface area contributed by atoms with Crippen LogP contribution in [0.15, 0.2) is 0 Å². The van der Waals surface area contributed by atoms with Crippen molar-refractivity contribution >= 4 is 18.3 Å². The maximum atomic E-state index is 11.7. The second-order valence-electron chi connectivity index (χ2n) is 4.19. The number of nitrogens with two attached hydrogens (primary N) is 1. The minimum Gasteiger partial charge on any atom is -0.481 e. The first-order valence-electron chi connectivity index (χ1n) is 6.21. The zero-order valence-electron chi connectivity index (χ0n) is 11.9. The Labute approximate surface area is 121 Å². The number of nitrogens with one attached hydrogen (secondary N) is 1. The largest absolute Gasteiger partial charge is 0.481 e.